The largest absolute Gasteiger partial charge is 0.208 e. The SMILES string of the molecule is c1ccc(-c2nc(-c3ccccc3)nc(-c3ccccc3-c3ccc(-c4nc(-c5ccccc5)nc(-c5ccccc5)n4)c(-c4cccc5ccccc45)c3)n2)cc1. The summed E-state index contributed by atoms with van der Waals surface area (Å²) in [5.41, 5.74) is 9.55. The molecule has 0 bridgehead atoms. The van der Waals surface area contributed by atoms with Gasteiger partial charge in [-0.3, -0.25) is 0 Å². The van der Waals surface area contributed by atoms with Gasteiger partial charge in [0.2, 0.25) is 0 Å². The van der Waals surface area contributed by atoms with Crippen molar-refractivity contribution in [3.63, 3.8) is 0 Å². The first-order chi connectivity index (χ1) is 28.7. The van der Waals surface area contributed by atoms with E-state index >= 15 is 0 Å². The molecule has 0 spiro atoms. The minimum absolute atomic E-state index is 0.591. The van der Waals surface area contributed by atoms with Crippen molar-refractivity contribution < 1.29 is 0 Å². The lowest BCUT2D eigenvalue weighted by atomic mass is 9.90. The lowest BCUT2D eigenvalue weighted by molar-refractivity contribution is 1.07. The van der Waals surface area contributed by atoms with Crippen molar-refractivity contribution in [1.82, 2.24) is 29.9 Å². The van der Waals surface area contributed by atoms with Crippen LogP contribution in [-0.4, -0.2) is 29.9 Å². The fourth-order valence-corrected chi connectivity index (χ4v) is 7.38. The normalized spacial score (nSPS) is 11.1. The quantitative estimate of drug-likeness (QED) is 0.154. The molecule has 0 aliphatic carbocycles. The molecular weight excluding hydrogens is 709 g/mol. The summed E-state index contributed by atoms with van der Waals surface area (Å²) < 4.78 is 0. The van der Waals surface area contributed by atoms with Gasteiger partial charge in [0.15, 0.2) is 34.9 Å². The predicted molar refractivity (Wildman–Crippen MR) is 234 cm³/mol. The number of hydrogen-bond donors (Lipinski definition) is 0. The second-order valence-corrected chi connectivity index (χ2v) is 13.9. The Hall–Kier alpha value is -7.96. The number of benzene rings is 8. The average Bonchev–Trinajstić information content (AvgIpc) is 3.32. The minimum atomic E-state index is 0.591. The molecule has 0 unspecified atom stereocenters. The van der Waals surface area contributed by atoms with Crippen molar-refractivity contribution in [3.05, 3.63) is 206 Å². The maximum Gasteiger partial charge on any atom is 0.164 e. The lowest BCUT2D eigenvalue weighted by Gasteiger charge is -2.17. The van der Waals surface area contributed by atoms with Gasteiger partial charge in [-0.2, -0.15) is 0 Å². The Balaban J connectivity index is 1.20. The first-order valence-electron chi connectivity index (χ1n) is 19.2. The van der Waals surface area contributed by atoms with Crippen LogP contribution in [-0.2, 0) is 0 Å². The highest BCUT2D eigenvalue weighted by molar-refractivity contribution is 6.01. The zero-order valence-electron chi connectivity index (χ0n) is 31.3. The van der Waals surface area contributed by atoms with Gasteiger partial charge >= 0.3 is 0 Å². The Morgan fingerprint density at radius 2 is 0.569 bits per heavy atom. The summed E-state index contributed by atoms with van der Waals surface area (Å²) in [5, 5.41) is 2.28. The number of nitrogens with zero attached hydrogens (tertiary/aromatic N) is 6. The van der Waals surface area contributed by atoms with E-state index in [9.17, 15) is 0 Å². The smallest absolute Gasteiger partial charge is 0.164 e. The van der Waals surface area contributed by atoms with E-state index < -0.39 is 0 Å². The molecule has 0 saturated heterocycles. The first-order valence-corrected chi connectivity index (χ1v) is 19.2. The summed E-state index contributed by atoms with van der Waals surface area (Å²) in [5.74, 6) is 3.64. The Morgan fingerprint density at radius 1 is 0.207 bits per heavy atom. The van der Waals surface area contributed by atoms with E-state index in [1.54, 1.807) is 0 Å². The van der Waals surface area contributed by atoms with Crippen LogP contribution in [0.25, 0.3) is 101 Å². The molecule has 6 nitrogen and oxygen atoms in total. The van der Waals surface area contributed by atoms with Crippen LogP contribution in [0.15, 0.2) is 206 Å². The maximum atomic E-state index is 5.16. The third kappa shape index (κ3) is 6.80. The summed E-state index contributed by atoms with van der Waals surface area (Å²) in [6.45, 7) is 0. The zero-order chi connectivity index (χ0) is 38.7. The third-order valence-corrected chi connectivity index (χ3v) is 10.2. The summed E-state index contributed by atoms with van der Waals surface area (Å²) in [4.78, 5) is 30.4. The highest BCUT2D eigenvalue weighted by Crippen LogP contribution is 2.41. The average molecular weight is 743 g/mol. The van der Waals surface area contributed by atoms with Crippen molar-refractivity contribution in [2.45, 2.75) is 0 Å². The van der Waals surface area contributed by atoms with E-state index in [2.05, 4.69) is 78.9 Å². The van der Waals surface area contributed by atoms with Crippen LogP contribution in [0.2, 0.25) is 0 Å². The third-order valence-electron chi connectivity index (χ3n) is 10.2. The topological polar surface area (TPSA) is 77.3 Å². The molecule has 0 aliphatic heterocycles. The van der Waals surface area contributed by atoms with E-state index in [0.717, 1.165) is 66.4 Å². The second-order valence-electron chi connectivity index (χ2n) is 13.9. The van der Waals surface area contributed by atoms with Crippen LogP contribution in [0.4, 0.5) is 0 Å². The van der Waals surface area contributed by atoms with E-state index in [1.165, 1.54) is 0 Å². The molecule has 2 heterocycles. The van der Waals surface area contributed by atoms with Crippen LogP contribution >= 0.6 is 0 Å². The van der Waals surface area contributed by atoms with E-state index in [-0.39, 0.29) is 0 Å². The van der Waals surface area contributed by atoms with Crippen molar-refractivity contribution in [2.75, 3.05) is 0 Å². The number of hydrogen-bond acceptors (Lipinski definition) is 6. The molecule has 10 rings (SSSR count). The van der Waals surface area contributed by atoms with Crippen LogP contribution in [0.3, 0.4) is 0 Å². The molecule has 272 valence electrons. The molecule has 0 radical (unpaired) electrons. The van der Waals surface area contributed by atoms with Gasteiger partial charge in [0.05, 0.1) is 0 Å². The van der Waals surface area contributed by atoms with Gasteiger partial charge in [0, 0.05) is 33.4 Å². The molecule has 0 fully saturated rings. The Morgan fingerprint density at radius 3 is 1.07 bits per heavy atom. The molecule has 2 aromatic heterocycles. The molecule has 0 aliphatic rings. The van der Waals surface area contributed by atoms with Crippen LogP contribution < -0.4 is 0 Å². The van der Waals surface area contributed by atoms with Gasteiger partial charge in [0.25, 0.3) is 0 Å². The van der Waals surface area contributed by atoms with Crippen molar-refractivity contribution >= 4 is 10.8 Å². The fourth-order valence-electron chi connectivity index (χ4n) is 7.38. The van der Waals surface area contributed by atoms with Gasteiger partial charge in [-0.05, 0) is 45.2 Å². The molecule has 0 amide bonds. The number of rotatable bonds is 8. The molecule has 6 heteroatoms. The molecule has 0 atom stereocenters. The monoisotopic (exact) mass is 742 g/mol. The zero-order valence-corrected chi connectivity index (χ0v) is 31.3. The summed E-state index contributed by atoms with van der Waals surface area (Å²) in [6, 6.07) is 70.1. The van der Waals surface area contributed by atoms with Crippen molar-refractivity contribution in [3.8, 4) is 90.6 Å². The van der Waals surface area contributed by atoms with Gasteiger partial charge in [-0.1, -0.05) is 194 Å². The van der Waals surface area contributed by atoms with Gasteiger partial charge in [-0.15, -0.1) is 0 Å². The van der Waals surface area contributed by atoms with Crippen molar-refractivity contribution in [1.29, 1.82) is 0 Å². The maximum absolute atomic E-state index is 5.16. The van der Waals surface area contributed by atoms with Crippen molar-refractivity contribution in [2.24, 2.45) is 0 Å². The minimum Gasteiger partial charge on any atom is -0.208 e. The Labute approximate surface area is 336 Å². The van der Waals surface area contributed by atoms with E-state index in [1.807, 2.05) is 127 Å². The predicted octanol–water partition coefficient (Wildman–Crippen LogP) is 12.5. The van der Waals surface area contributed by atoms with Crippen LogP contribution in [0.5, 0.6) is 0 Å². The molecule has 10 aromatic rings. The number of fused-ring (bicyclic) bond motifs is 1. The van der Waals surface area contributed by atoms with Gasteiger partial charge < -0.3 is 0 Å². The van der Waals surface area contributed by atoms with Gasteiger partial charge in [0.1, 0.15) is 0 Å². The standard InChI is InChI=1S/C52H34N6/c1-5-19-36(20-6-1)47-53-48(37-21-7-2-8-22-37)56-51(55-47)44-30-16-15-29-42(44)40-32-33-45(46(34-40)43-31-17-27-35-18-13-14-28-41(35)43)52-57-49(38-23-9-3-10-24-38)54-50(58-52)39-25-11-4-12-26-39/h1-34H. The molecule has 58 heavy (non-hydrogen) atoms. The van der Waals surface area contributed by atoms with Gasteiger partial charge in [-0.25, -0.2) is 29.9 Å². The number of aromatic nitrogens is 6. The Bertz CT molecular complexity index is 2920. The lowest BCUT2D eigenvalue weighted by Crippen LogP contribution is -2.02. The highest BCUT2D eigenvalue weighted by Gasteiger charge is 2.20. The van der Waals surface area contributed by atoms with E-state index in [0.29, 0.717) is 34.9 Å². The highest BCUT2D eigenvalue weighted by atomic mass is 15.0. The molecule has 0 saturated carbocycles. The summed E-state index contributed by atoms with van der Waals surface area (Å²) >= 11 is 0. The van der Waals surface area contributed by atoms with E-state index in [4.69, 9.17) is 29.9 Å². The first kappa shape index (κ1) is 34.5. The Kier molecular flexibility index (Phi) is 9.10. The molecule has 8 aromatic carbocycles. The fraction of sp³-hybridized carbons (Fsp3) is 0. The molecular formula is C52H34N6. The summed E-state index contributed by atoms with van der Waals surface area (Å²) in [6.07, 6.45) is 0. The van der Waals surface area contributed by atoms with Crippen LogP contribution in [0, 0.1) is 0 Å². The summed E-state index contributed by atoms with van der Waals surface area (Å²) in [7, 11) is 0. The second kappa shape index (κ2) is 15.3. The molecule has 0 N–H and O–H groups in total. The van der Waals surface area contributed by atoms with Crippen LogP contribution in [0.1, 0.15) is 0 Å².